The molecule has 0 atom stereocenters. The summed E-state index contributed by atoms with van der Waals surface area (Å²) in [5.74, 6) is -7.50. The minimum absolute atomic E-state index is 0.207. The molecule has 1 rings (SSSR count). The molecule has 0 bridgehead atoms. The number of alkyl halides is 5. The second kappa shape index (κ2) is 6.07. The molecule has 1 N–H and O–H groups in total. The van der Waals surface area contributed by atoms with Gasteiger partial charge in [0, 0.05) is 12.0 Å². The lowest BCUT2D eigenvalue weighted by molar-refractivity contribution is -0.171. The number of carbonyl (C=O) groups is 2. The van der Waals surface area contributed by atoms with Crippen LogP contribution in [0.4, 0.5) is 17.6 Å². The standard InChI is InChI=1S/C11H14ClF4NO2/c12-6-7(18)5-10(3-1-2-4-10)17-9(19)11(15,16)8(13)14/h8H,1-6H2,(H,17,19). The first kappa shape index (κ1) is 16.2. The fourth-order valence-corrected chi connectivity index (χ4v) is 2.34. The Morgan fingerprint density at radius 2 is 1.79 bits per heavy atom. The molecule has 0 aromatic heterocycles. The van der Waals surface area contributed by atoms with Crippen molar-refractivity contribution in [3.63, 3.8) is 0 Å². The van der Waals surface area contributed by atoms with Crippen molar-refractivity contribution in [1.82, 2.24) is 5.32 Å². The van der Waals surface area contributed by atoms with E-state index >= 15 is 0 Å². The lowest BCUT2D eigenvalue weighted by Crippen LogP contribution is -2.55. The predicted molar refractivity (Wildman–Crippen MR) is 60.6 cm³/mol. The van der Waals surface area contributed by atoms with Gasteiger partial charge in [-0.05, 0) is 12.8 Å². The number of halogens is 5. The van der Waals surface area contributed by atoms with E-state index in [0.29, 0.717) is 25.7 Å². The molecule has 1 aliphatic rings. The summed E-state index contributed by atoms with van der Waals surface area (Å²) in [7, 11) is 0. The summed E-state index contributed by atoms with van der Waals surface area (Å²) in [6.07, 6.45) is -2.40. The van der Waals surface area contributed by atoms with Crippen LogP contribution in [0.1, 0.15) is 32.1 Å². The van der Waals surface area contributed by atoms with Crippen molar-refractivity contribution in [2.24, 2.45) is 0 Å². The molecule has 1 fully saturated rings. The Balaban J connectivity index is 2.79. The molecular formula is C11H14ClF4NO2. The molecule has 110 valence electrons. The van der Waals surface area contributed by atoms with Crippen LogP contribution in [-0.4, -0.2) is 35.5 Å². The number of Topliss-reactive ketones (excluding diaryl/α,β-unsaturated/α-hetero) is 1. The summed E-state index contributed by atoms with van der Waals surface area (Å²) >= 11 is 5.34. The Morgan fingerprint density at radius 3 is 2.21 bits per heavy atom. The van der Waals surface area contributed by atoms with E-state index in [1.165, 1.54) is 0 Å². The number of rotatable bonds is 6. The molecule has 19 heavy (non-hydrogen) atoms. The summed E-state index contributed by atoms with van der Waals surface area (Å²) in [5.41, 5.74) is -1.17. The zero-order valence-corrected chi connectivity index (χ0v) is 10.8. The van der Waals surface area contributed by atoms with Gasteiger partial charge in [0.05, 0.1) is 5.88 Å². The molecule has 0 saturated heterocycles. The highest BCUT2D eigenvalue weighted by molar-refractivity contribution is 6.27. The Bertz CT molecular complexity index is 357. The van der Waals surface area contributed by atoms with Crippen LogP contribution in [0, 0.1) is 0 Å². The molecule has 1 aliphatic carbocycles. The lowest BCUT2D eigenvalue weighted by atomic mass is 9.91. The summed E-state index contributed by atoms with van der Waals surface area (Å²) < 4.78 is 50.0. The number of carbonyl (C=O) groups excluding carboxylic acids is 2. The molecule has 1 amide bonds. The van der Waals surface area contributed by atoms with Gasteiger partial charge in [0.2, 0.25) is 0 Å². The van der Waals surface area contributed by atoms with Crippen LogP contribution in [0.3, 0.4) is 0 Å². The molecule has 1 saturated carbocycles. The first-order chi connectivity index (χ1) is 8.73. The quantitative estimate of drug-likeness (QED) is 0.605. The topological polar surface area (TPSA) is 46.2 Å². The maximum absolute atomic E-state index is 12.9. The fourth-order valence-electron chi connectivity index (χ4n) is 2.25. The average Bonchev–Trinajstić information content (AvgIpc) is 2.76. The SMILES string of the molecule is O=C(CCl)CC1(NC(=O)C(F)(F)C(F)F)CCCC1. The molecule has 0 unspecified atom stereocenters. The number of hydrogen-bond acceptors (Lipinski definition) is 2. The molecule has 0 aromatic carbocycles. The normalized spacial score (nSPS) is 18.6. The Morgan fingerprint density at radius 1 is 1.26 bits per heavy atom. The first-order valence-electron chi connectivity index (χ1n) is 5.80. The van der Waals surface area contributed by atoms with Crippen LogP contribution in [0.15, 0.2) is 0 Å². The van der Waals surface area contributed by atoms with Crippen LogP contribution in [0.25, 0.3) is 0 Å². The van der Waals surface area contributed by atoms with Gasteiger partial charge in [0.1, 0.15) is 5.78 Å². The van der Waals surface area contributed by atoms with E-state index in [2.05, 4.69) is 0 Å². The van der Waals surface area contributed by atoms with Gasteiger partial charge in [0.15, 0.2) is 0 Å². The van der Waals surface area contributed by atoms with Crippen molar-refractivity contribution in [2.75, 3.05) is 5.88 Å². The van der Waals surface area contributed by atoms with Gasteiger partial charge >= 0.3 is 12.3 Å². The van der Waals surface area contributed by atoms with Gasteiger partial charge in [-0.25, -0.2) is 8.78 Å². The van der Waals surface area contributed by atoms with Gasteiger partial charge in [-0.2, -0.15) is 8.78 Å². The highest BCUT2D eigenvalue weighted by Gasteiger charge is 2.51. The largest absolute Gasteiger partial charge is 0.383 e. The summed E-state index contributed by atoms with van der Waals surface area (Å²) in [6, 6.07) is 0. The zero-order valence-electron chi connectivity index (χ0n) is 10.0. The van der Waals surface area contributed by atoms with Crippen molar-refractivity contribution < 1.29 is 27.2 Å². The minimum Gasteiger partial charge on any atom is -0.345 e. The van der Waals surface area contributed by atoms with Crippen molar-refractivity contribution in [2.45, 2.75) is 50.0 Å². The predicted octanol–water partition coefficient (Wildman–Crippen LogP) is 2.51. The highest BCUT2D eigenvalue weighted by atomic mass is 35.5. The van der Waals surface area contributed by atoms with E-state index in [4.69, 9.17) is 11.6 Å². The van der Waals surface area contributed by atoms with Crippen LogP contribution in [-0.2, 0) is 9.59 Å². The van der Waals surface area contributed by atoms with Crippen molar-refractivity contribution >= 4 is 23.3 Å². The number of amides is 1. The number of nitrogens with one attached hydrogen (secondary N) is 1. The fraction of sp³-hybridized carbons (Fsp3) is 0.818. The zero-order chi connectivity index (χ0) is 14.7. The van der Waals surface area contributed by atoms with E-state index in [-0.39, 0.29) is 12.3 Å². The smallest absolute Gasteiger partial charge is 0.345 e. The molecule has 3 nitrogen and oxygen atoms in total. The maximum Gasteiger partial charge on any atom is 0.383 e. The second-order valence-electron chi connectivity index (χ2n) is 4.71. The Kier molecular flexibility index (Phi) is 5.18. The molecule has 0 spiro atoms. The van der Waals surface area contributed by atoms with E-state index in [1.54, 1.807) is 0 Å². The third kappa shape index (κ3) is 3.81. The van der Waals surface area contributed by atoms with Gasteiger partial charge in [-0.15, -0.1) is 11.6 Å². The minimum atomic E-state index is -4.75. The molecule has 0 aromatic rings. The average molecular weight is 304 g/mol. The van der Waals surface area contributed by atoms with Crippen molar-refractivity contribution in [1.29, 1.82) is 0 Å². The molecule has 0 radical (unpaired) electrons. The lowest BCUT2D eigenvalue weighted by Gasteiger charge is -2.31. The van der Waals surface area contributed by atoms with Gasteiger partial charge in [0.25, 0.3) is 5.91 Å². The Hall–Kier alpha value is -0.850. The van der Waals surface area contributed by atoms with E-state index in [0.717, 1.165) is 0 Å². The van der Waals surface area contributed by atoms with E-state index < -0.39 is 29.6 Å². The molecular weight excluding hydrogens is 290 g/mol. The highest BCUT2D eigenvalue weighted by Crippen LogP contribution is 2.34. The van der Waals surface area contributed by atoms with Crippen molar-refractivity contribution in [3.8, 4) is 0 Å². The van der Waals surface area contributed by atoms with Crippen LogP contribution < -0.4 is 5.32 Å². The van der Waals surface area contributed by atoms with Crippen LogP contribution in [0.2, 0.25) is 0 Å². The Labute approximate surface area is 112 Å². The maximum atomic E-state index is 12.9. The molecule has 0 aliphatic heterocycles. The van der Waals surface area contributed by atoms with Gasteiger partial charge in [-0.3, -0.25) is 9.59 Å². The second-order valence-corrected chi connectivity index (χ2v) is 4.98. The third-order valence-electron chi connectivity index (χ3n) is 3.20. The van der Waals surface area contributed by atoms with Gasteiger partial charge in [-0.1, -0.05) is 12.8 Å². The summed E-state index contributed by atoms with van der Waals surface area (Å²) in [4.78, 5) is 22.6. The van der Waals surface area contributed by atoms with Crippen molar-refractivity contribution in [3.05, 3.63) is 0 Å². The van der Waals surface area contributed by atoms with Crippen LogP contribution in [0.5, 0.6) is 0 Å². The summed E-state index contributed by atoms with van der Waals surface area (Å²) in [5, 5.41) is 1.93. The van der Waals surface area contributed by atoms with Crippen LogP contribution >= 0.6 is 11.6 Å². The molecule has 0 heterocycles. The third-order valence-corrected chi connectivity index (χ3v) is 3.50. The number of hydrogen-bond donors (Lipinski definition) is 1. The first-order valence-corrected chi connectivity index (χ1v) is 6.33. The van der Waals surface area contributed by atoms with E-state index in [9.17, 15) is 27.2 Å². The van der Waals surface area contributed by atoms with Gasteiger partial charge < -0.3 is 5.32 Å². The van der Waals surface area contributed by atoms with E-state index in [1.807, 2.05) is 5.32 Å². The number of ketones is 1. The molecule has 8 heteroatoms. The monoisotopic (exact) mass is 303 g/mol. The summed E-state index contributed by atoms with van der Waals surface area (Å²) in [6.45, 7) is 0.